The zero-order valence-electron chi connectivity index (χ0n) is 11.8. The quantitative estimate of drug-likeness (QED) is 0.880. The zero-order valence-corrected chi connectivity index (χ0v) is 14.3. The number of sulfonamides is 1. The Kier molecular flexibility index (Phi) is 4.47. The second-order valence-corrected chi connectivity index (χ2v) is 7.60. The van der Waals surface area contributed by atoms with Gasteiger partial charge in [0, 0.05) is 11.7 Å². The first-order chi connectivity index (χ1) is 8.92. The molecule has 3 rings (SSSR count). The Bertz CT molecular complexity index is 603. The Morgan fingerprint density at radius 3 is 2.80 bits per heavy atom. The molecule has 1 heterocycles. The summed E-state index contributed by atoms with van der Waals surface area (Å²) in [5.41, 5.74) is 3.42. The van der Waals surface area contributed by atoms with E-state index in [1.807, 2.05) is 12.1 Å². The SMILES string of the molecule is Br.CN1CCC2CC1Cc1ccc(NS(C)(=O)=O)cc12. The molecule has 2 unspecified atom stereocenters. The first-order valence-corrected chi connectivity index (χ1v) is 8.62. The summed E-state index contributed by atoms with van der Waals surface area (Å²) in [6, 6.07) is 6.64. The fourth-order valence-corrected chi connectivity index (χ4v) is 3.94. The fourth-order valence-electron chi connectivity index (χ4n) is 3.38. The van der Waals surface area contributed by atoms with E-state index in [4.69, 9.17) is 0 Å². The number of halogens is 1. The third-order valence-corrected chi connectivity index (χ3v) is 4.96. The fraction of sp³-hybridized carbons (Fsp3) is 0.571. The maximum Gasteiger partial charge on any atom is 0.229 e. The predicted octanol–water partition coefficient (Wildman–Crippen LogP) is 2.37. The van der Waals surface area contributed by atoms with Gasteiger partial charge < -0.3 is 4.90 Å². The van der Waals surface area contributed by atoms with Gasteiger partial charge in [-0.15, -0.1) is 17.0 Å². The van der Waals surface area contributed by atoms with Crippen molar-refractivity contribution in [3.05, 3.63) is 29.3 Å². The highest BCUT2D eigenvalue weighted by Crippen LogP contribution is 2.40. The van der Waals surface area contributed by atoms with Crippen LogP contribution in [0.2, 0.25) is 0 Å². The molecule has 2 bridgehead atoms. The van der Waals surface area contributed by atoms with Gasteiger partial charge in [0.05, 0.1) is 6.26 Å². The molecule has 1 fully saturated rings. The second-order valence-electron chi connectivity index (χ2n) is 5.85. The highest BCUT2D eigenvalue weighted by Gasteiger charge is 2.33. The van der Waals surface area contributed by atoms with Crippen LogP contribution in [0.5, 0.6) is 0 Å². The molecule has 6 heteroatoms. The first kappa shape index (κ1) is 15.8. The highest BCUT2D eigenvalue weighted by molar-refractivity contribution is 8.93. The van der Waals surface area contributed by atoms with E-state index in [1.165, 1.54) is 30.2 Å². The molecule has 0 spiro atoms. The standard InChI is InChI=1S/C14H20N2O2S.BrH/c1-16-6-5-11-8-13(16)7-10-3-4-12(9-14(10)11)15-19(2,17)18;/h3-4,9,11,13,15H,5-8H2,1-2H3;1H. The molecule has 0 amide bonds. The minimum atomic E-state index is -3.19. The van der Waals surface area contributed by atoms with Gasteiger partial charge in [-0.05, 0) is 62.0 Å². The number of hydrogen-bond acceptors (Lipinski definition) is 3. The monoisotopic (exact) mass is 360 g/mol. The van der Waals surface area contributed by atoms with Crippen molar-refractivity contribution >= 4 is 32.7 Å². The van der Waals surface area contributed by atoms with Crippen LogP contribution in [0.15, 0.2) is 18.2 Å². The van der Waals surface area contributed by atoms with Crippen LogP contribution in [0.25, 0.3) is 0 Å². The van der Waals surface area contributed by atoms with Crippen molar-refractivity contribution in [2.24, 2.45) is 0 Å². The van der Waals surface area contributed by atoms with Crippen LogP contribution >= 0.6 is 17.0 Å². The normalized spacial score (nSPS) is 25.5. The number of likely N-dealkylation sites (N-methyl/N-ethyl adjacent to an activating group) is 1. The second kappa shape index (κ2) is 5.66. The van der Waals surface area contributed by atoms with Crippen molar-refractivity contribution < 1.29 is 8.42 Å². The molecule has 2 aliphatic rings. The van der Waals surface area contributed by atoms with Crippen LogP contribution in [0.3, 0.4) is 0 Å². The molecular weight excluding hydrogens is 340 g/mol. The molecule has 1 aromatic rings. The van der Waals surface area contributed by atoms with Crippen molar-refractivity contribution in [1.29, 1.82) is 0 Å². The van der Waals surface area contributed by atoms with Crippen molar-refractivity contribution in [3.63, 3.8) is 0 Å². The maximum atomic E-state index is 11.3. The van der Waals surface area contributed by atoms with Gasteiger partial charge in [-0.2, -0.15) is 0 Å². The van der Waals surface area contributed by atoms with Crippen molar-refractivity contribution in [2.75, 3.05) is 24.6 Å². The van der Waals surface area contributed by atoms with Gasteiger partial charge in [-0.25, -0.2) is 8.42 Å². The van der Waals surface area contributed by atoms with Gasteiger partial charge in [0.2, 0.25) is 10.0 Å². The number of nitrogens with one attached hydrogen (secondary N) is 1. The lowest BCUT2D eigenvalue weighted by Gasteiger charge is -2.42. The lowest BCUT2D eigenvalue weighted by atomic mass is 9.75. The minimum absolute atomic E-state index is 0. The number of anilines is 1. The van der Waals surface area contributed by atoms with Gasteiger partial charge in [0.25, 0.3) is 0 Å². The molecule has 4 nitrogen and oxygen atoms in total. The first-order valence-electron chi connectivity index (χ1n) is 6.73. The van der Waals surface area contributed by atoms with Crippen LogP contribution in [0, 0.1) is 0 Å². The molecule has 20 heavy (non-hydrogen) atoms. The predicted molar refractivity (Wildman–Crippen MR) is 87.3 cm³/mol. The van der Waals surface area contributed by atoms with Crippen molar-refractivity contribution in [1.82, 2.24) is 4.90 Å². The van der Waals surface area contributed by atoms with Crippen LogP contribution in [-0.4, -0.2) is 39.2 Å². The smallest absolute Gasteiger partial charge is 0.229 e. The molecule has 0 aromatic heterocycles. The molecule has 1 N–H and O–H groups in total. The largest absolute Gasteiger partial charge is 0.303 e. The van der Waals surface area contributed by atoms with E-state index in [1.54, 1.807) is 0 Å². The average Bonchev–Trinajstić information content (AvgIpc) is 2.32. The van der Waals surface area contributed by atoms with Crippen molar-refractivity contribution in [3.8, 4) is 0 Å². The van der Waals surface area contributed by atoms with E-state index in [2.05, 4.69) is 22.7 Å². The molecule has 1 aliphatic heterocycles. The van der Waals surface area contributed by atoms with Crippen LogP contribution in [0.1, 0.15) is 29.9 Å². The lowest BCUT2D eigenvalue weighted by molar-refractivity contribution is 0.157. The number of rotatable bonds is 2. The van der Waals surface area contributed by atoms with Gasteiger partial charge >= 0.3 is 0 Å². The molecule has 1 saturated heterocycles. The molecule has 112 valence electrons. The minimum Gasteiger partial charge on any atom is -0.303 e. The number of hydrogen-bond donors (Lipinski definition) is 1. The summed E-state index contributed by atoms with van der Waals surface area (Å²) in [7, 11) is -0.992. The number of piperidine rings is 1. The van der Waals surface area contributed by atoms with Crippen LogP contribution < -0.4 is 4.72 Å². The topological polar surface area (TPSA) is 49.4 Å². The summed E-state index contributed by atoms with van der Waals surface area (Å²) in [5, 5.41) is 0. The van der Waals surface area contributed by atoms with Gasteiger partial charge in [-0.3, -0.25) is 4.72 Å². The highest BCUT2D eigenvalue weighted by atomic mass is 79.9. The molecule has 2 atom stereocenters. The molecule has 1 aromatic carbocycles. The van der Waals surface area contributed by atoms with E-state index in [-0.39, 0.29) is 17.0 Å². The van der Waals surface area contributed by atoms with Crippen LogP contribution in [-0.2, 0) is 16.4 Å². The summed E-state index contributed by atoms with van der Waals surface area (Å²) in [5.74, 6) is 0.589. The van der Waals surface area contributed by atoms with Gasteiger partial charge in [0.15, 0.2) is 0 Å². The molecule has 1 aliphatic carbocycles. The van der Waals surface area contributed by atoms with Gasteiger partial charge in [0.1, 0.15) is 0 Å². The van der Waals surface area contributed by atoms with E-state index < -0.39 is 10.0 Å². The summed E-state index contributed by atoms with van der Waals surface area (Å²) >= 11 is 0. The van der Waals surface area contributed by atoms with Gasteiger partial charge in [-0.1, -0.05) is 6.07 Å². The zero-order chi connectivity index (χ0) is 13.6. The summed E-state index contributed by atoms with van der Waals surface area (Å²) in [6.07, 6.45) is 4.65. The number of benzene rings is 1. The third kappa shape index (κ3) is 3.18. The van der Waals surface area contributed by atoms with E-state index >= 15 is 0 Å². The van der Waals surface area contributed by atoms with E-state index in [0.29, 0.717) is 17.6 Å². The number of nitrogens with zero attached hydrogens (tertiary/aromatic N) is 1. The molecule has 0 saturated carbocycles. The summed E-state index contributed by atoms with van der Waals surface area (Å²) < 4.78 is 25.2. The summed E-state index contributed by atoms with van der Waals surface area (Å²) in [6.45, 7) is 1.14. The average molecular weight is 361 g/mol. The number of likely N-dealkylation sites (tertiary alicyclic amines) is 1. The molecule has 0 radical (unpaired) electrons. The Labute approximate surface area is 131 Å². The Hall–Kier alpha value is -0.590. The van der Waals surface area contributed by atoms with E-state index in [9.17, 15) is 8.42 Å². The van der Waals surface area contributed by atoms with Crippen molar-refractivity contribution in [2.45, 2.75) is 31.2 Å². The lowest BCUT2D eigenvalue weighted by Crippen LogP contribution is -2.43. The Morgan fingerprint density at radius 2 is 2.10 bits per heavy atom. The van der Waals surface area contributed by atoms with Crippen LogP contribution in [0.4, 0.5) is 5.69 Å². The number of fused-ring (bicyclic) bond motifs is 4. The Balaban J connectivity index is 0.00000147. The maximum absolute atomic E-state index is 11.3. The Morgan fingerprint density at radius 1 is 1.35 bits per heavy atom. The van der Waals surface area contributed by atoms with E-state index in [0.717, 1.165) is 13.0 Å². The molecular formula is C14H21BrN2O2S. The third-order valence-electron chi connectivity index (χ3n) is 4.35. The summed E-state index contributed by atoms with van der Waals surface area (Å²) in [4.78, 5) is 2.45.